The van der Waals surface area contributed by atoms with Gasteiger partial charge in [0.05, 0.1) is 6.04 Å². The number of amides is 2. The molecule has 6 nitrogen and oxygen atoms in total. The molecule has 3 rings (SSSR count). The Bertz CT molecular complexity index is 681. The maximum atomic E-state index is 12.5. The number of nitrogens with one attached hydrogen (secondary N) is 1. The zero-order valence-corrected chi connectivity index (χ0v) is 13.7. The summed E-state index contributed by atoms with van der Waals surface area (Å²) in [5.74, 6) is 1.69. The molecule has 1 N–H and O–H groups in total. The topological polar surface area (TPSA) is 63.1 Å². The highest BCUT2D eigenvalue weighted by Crippen LogP contribution is 2.23. The molecule has 1 aliphatic rings. The lowest BCUT2D eigenvalue weighted by atomic mass is 10.1. The summed E-state index contributed by atoms with van der Waals surface area (Å²) < 4.78 is 2.21. The maximum absolute atomic E-state index is 12.5. The lowest BCUT2D eigenvalue weighted by molar-refractivity contribution is 0.178. The zero-order chi connectivity index (χ0) is 16.2. The SMILES string of the molecule is CCc1nccn1[C@H]1CCCN(C(=O)Nc2cccc(C)n2)C1. The number of likely N-dealkylation sites (tertiary alicyclic amines) is 1. The number of piperidine rings is 1. The van der Waals surface area contributed by atoms with E-state index >= 15 is 0 Å². The number of pyridine rings is 1. The Morgan fingerprint density at radius 2 is 2.30 bits per heavy atom. The van der Waals surface area contributed by atoms with Crippen LogP contribution in [0.15, 0.2) is 30.6 Å². The highest BCUT2D eigenvalue weighted by Gasteiger charge is 2.25. The Hall–Kier alpha value is -2.37. The third-order valence-electron chi connectivity index (χ3n) is 4.27. The average Bonchev–Trinajstić information content (AvgIpc) is 3.03. The van der Waals surface area contributed by atoms with Gasteiger partial charge in [0.15, 0.2) is 0 Å². The number of imidazole rings is 1. The van der Waals surface area contributed by atoms with Crippen molar-refractivity contribution >= 4 is 11.8 Å². The Kier molecular flexibility index (Phi) is 4.60. The van der Waals surface area contributed by atoms with Crippen LogP contribution in [0.5, 0.6) is 0 Å². The zero-order valence-electron chi connectivity index (χ0n) is 13.7. The van der Waals surface area contributed by atoms with Crippen molar-refractivity contribution in [3.8, 4) is 0 Å². The summed E-state index contributed by atoms with van der Waals surface area (Å²) in [5, 5.41) is 2.90. The van der Waals surface area contributed by atoms with Crippen LogP contribution in [-0.4, -0.2) is 38.6 Å². The summed E-state index contributed by atoms with van der Waals surface area (Å²) in [6.45, 7) is 5.51. The molecule has 0 aromatic carbocycles. The highest BCUT2D eigenvalue weighted by atomic mass is 16.2. The molecule has 0 bridgehead atoms. The van der Waals surface area contributed by atoms with Crippen molar-refractivity contribution in [1.82, 2.24) is 19.4 Å². The fourth-order valence-electron chi connectivity index (χ4n) is 3.12. The molecule has 1 atom stereocenters. The molecule has 2 aromatic heterocycles. The molecule has 1 fully saturated rings. The summed E-state index contributed by atoms with van der Waals surface area (Å²) in [7, 11) is 0. The number of hydrogen-bond donors (Lipinski definition) is 1. The first-order valence-electron chi connectivity index (χ1n) is 8.18. The molecule has 1 saturated heterocycles. The molecule has 1 aliphatic heterocycles. The van der Waals surface area contributed by atoms with E-state index in [0.29, 0.717) is 18.4 Å². The number of nitrogens with zero attached hydrogens (tertiary/aromatic N) is 4. The minimum Gasteiger partial charge on any atom is -0.330 e. The average molecular weight is 313 g/mol. The summed E-state index contributed by atoms with van der Waals surface area (Å²) in [6.07, 6.45) is 6.85. The molecular weight excluding hydrogens is 290 g/mol. The normalized spacial score (nSPS) is 18.0. The van der Waals surface area contributed by atoms with Crippen molar-refractivity contribution in [3.05, 3.63) is 42.1 Å². The summed E-state index contributed by atoms with van der Waals surface area (Å²) in [6, 6.07) is 5.86. The van der Waals surface area contributed by atoms with Gasteiger partial charge in [-0.15, -0.1) is 0 Å². The molecule has 2 aromatic rings. The second-order valence-electron chi connectivity index (χ2n) is 5.94. The van der Waals surface area contributed by atoms with Crippen LogP contribution in [0.1, 0.15) is 37.3 Å². The predicted octanol–water partition coefficient (Wildman–Crippen LogP) is 3.02. The number of carbonyl (C=O) groups is 1. The number of carbonyl (C=O) groups excluding carboxylic acids is 1. The van der Waals surface area contributed by atoms with Crippen LogP contribution in [-0.2, 0) is 6.42 Å². The Balaban J connectivity index is 1.67. The minimum absolute atomic E-state index is 0.0778. The predicted molar refractivity (Wildman–Crippen MR) is 89.4 cm³/mol. The molecule has 0 spiro atoms. The minimum atomic E-state index is -0.0778. The Morgan fingerprint density at radius 1 is 1.43 bits per heavy atom. The van der Waals surface area contributed by atoms with E-state index in [1.807, 2.05) is 42.4 Å². The van der Waals surface area contributed by atoms with Gasteiger partial charge in [0.25, 0.3) is 0 Å². The van der Waals surface area contributed by atoms with Crippen LogP contribution in [0.3, 0.4) is 0 Å². The van der Waals surface area contributed by atoms with Gasteiger partial charge in [-0.3, -0.25) is 5.32 Å². The first-order valence-corrected chi connectivity index (χ1v) is 8.18. The van der Waals surface area contributed by atoms with Gasteiger partial charge in [0.2, 0.25) is 0 Å². The summed E-state index contributed by atoms with van der Waals surface area (Å²) in [5.41, 5.74) is 0.894. The fourth-order valence-corrected chi connectivity index (χ4v) is 3.12. The number of urea groups is 1. The second kappa shape index (κ2) is 6.81. The molecule has 6 heteroatoms. The van der Waals surface area contributed by atoms with Crippen LogP contribution in [0, 0.1) is 6.92 Å². The van der Waals surface area contributed by atoms with Crippen molar-refractivity contribution in [3.63, 3.8) is 0 Å². The Morgan fingerprint density at radius 3 is 3.09 bits per heavy atom. The monoisotopic (exact) mass is 313 g/mol. The van der Waals surface area contributed by atoms with Gasteiger partial charge < -0.3 is 9.47 Å². The molecule has 0 aliphatic carbocycles. The largest absolute Gasteiger partial charge is 0.330 e. The van der Waals surface area contributed by atoms with E-state index < -0.39 is 0 Å². The first kappa shape index (κ1) is 15.5. The van der Waals surface area contributed by atoms with Crippen LogP contribution in [0.2, 0.25) is 0 Å². The van der Waals surface area contributed by atoms with E-state index in [2.05, 4.69) is 26.8 Å². The van der Waals surface area contributed by atoms with Gasteiger partial charge in [-0.1, -0.05) is 13.0 Å². The van der Waals surface area contributed by atoms with Crippen molar-refractivity contribution in [1.29, 1.82) is 0 Å². The van der Waals surface area contributed by atoms with Gasteiger partial charge in [0, 0.05) is 37.6 Å². The molecule has 0 saturated carbocycles. The molecule has 23 heavy (non-hydrogen) atoms. The van der Waals surface area contributed by atoms with E-state index in [1.54, 1.807) is 0 Å². The van der Waals surface area contributed by atoms with Crippen molar-refractivity contribution in [2.45, 2.75) is 39.2 Å². The van der Waals surface area contributed by atoms with E-state index in [0.717, 1.165) is 37.3 Å². The van der Waals surface area contributed by atoms with Gasteiger partial charge in [-0.05, 0) is 31.9 Å². The van der Waals surface area contributed by atoms with Crippen LogP contribution >= 0.6 is 0 Å². The third kappa shape index (κ3) is 3.52. The first-order chi connectivity index (χ1) is 11.2. The van der Waals surface area contributed by atoms with E-state index in [9.17, 15) is 4.79 Å². The number of anilines is 1. The number of aryl methyl sites for hydroxylation is 2. The fraction of sp³-hybridized carbons (Fsp3) is 0.471. The number of aromatic nitrogens is 3. The van der Waals surface area contributed by atoms with Crippen molar-refractivity contribution in [2.24, 2.45) is 0 Å². The van der Waals surface area contributed by atoms with E-state index in [1.165, 1.54) is 0 Å². The van der Waals surface area contributed by atoms with E-state index in [4.69, 9.17) is 0 Å². The Labute approximate surface area is 136 Å². The van der Waals surface area contributed by atoms with Crippen molar-refractivity contribution in [2.75, 3.05) is 18.4 Å². The molecular formula is C17H23N5O. The second-order valence-corrected chi connectivity index (χ2v) is 5.94. The standard InChI is InChI=1S/C17H23N5O/c1-3-16-18-9-11-22(16)14-7-5-10-21(12-14)17(23)20-15-8-4-6-13(2)19-15/h4,6,8-9,11,14H,3,5,7,10,12H2,1-2H3,(H,19,20,23)/t14-/m0/s1. The molecule has 0 radical (unpaired) electrons. The maximum Gasteiger partial charge on any atom is 0.323 e. The highest BCUT2D eigenvalue weighted by molar-refractivity contribution is 5.88. The lowest BCUT2D eigenvalue weighted by Gasteiger charge is -2.34. The molecule has 3 heterocycles. The van der Waals surface area contributed by atoms with Crippen LogP contribution < -0.4 is 5.32 Å². The van der Waals surface area contributed by atoms with Gasteiger partial charge >= 0.3 is 6.03 Å². The van der Waals surface area contributed by atoms with Crippen LogP contribution in [0.25, 0.3) is 0 Å². The quantitative estimate of drug-likeness (QED) is 0.947. The lowest BCUT2D eigenvalue weighted by Crippen LogP contribution is -2.43. The molecule has 0 unspecified atom stereocenters. The van der Waals surface area contributed by atoms with Crippen molar-refractivity contribution < 1.29 is 4.79 Å². The number of rotatable bonds is 3. The van der Waals surface area contributed by atoms with Gasteiger partial charge in [-0.25, -0.2) is 14.8 Å². The smallest absolute Gasteiger partial charge is 0.323 e. The summed E-state index contributed by atoms with van der Waals surface area (Å²) in [4.78, 5) is 23.1. The molecule has 122 valence electrons. The van der Waals surface area contributed by atoms with E-state index in [-0.39, 0.29) is 6.03 Å². The number of hydrogen-bond acceptors (Lipinski definition) is 3. The van der Waals surface area contributed by atoms with Crippen LogP contribution in [0.4, 0.5) is 10.6 Å². The third-order valence-corrected chi connectivity index (χ3v) is 4.27. The summed E-state index contributed by atoms with van der Waals surface area (Å²) >= 11 is 0. The van der Waals surface area contributed by atoms with Gasteiger partial charge in [0.1, 0.15) is 11.6 Å². The molecule has 2 amide bonds. The van der Waals surface area contributed by atoms with Gasteiger partial charge in [-0.2, -0.15) is 0 Å².